The number of aliphatic hydroxyl groups excluding tert-OH is 1. The third-order valence-electron chi connectivity index (χ3n) is 3.41. The zero-order chi connectivity index (χ0) is 17.4. The molecule has 13 heteroatoms. The quantitative estimate of drug-likeness (QED) is 0.335. The van der Waals surface area contributed by atoms with Gasteiger partial charge in [-0.2, -0.15) is 0 Å². The first-order valence-corrected chi connectivity index (χ1v) is 8.63. The van der Waals surface area contributed by atoms with Crippen molar-refractivity contribution in [1.82, 2.24) is 14.5 Å². The summed E-state index contributed by atoms with van der Waals surface area (Å²) in [5.41, 5.74) is 5.77. The highest BCUT2D eigenvalue weighted by molar-refractivity contribution is 7.39. The van der Waals surface area contributed by atoms with Crippen molar-refractivity contribution < 1.29 is 28.9 Å². The number of rotatable bonds is 5. The van der Waals surface area contributed by atoms with Crippen LogP contribution in [0.1, 0.15) is 12.6 Å². The predicted octanol–water partition coefficient (Wildman–Crippen LogP) is -0.684. The lowest BCUT2D eigenvalue weighted by molar-refractivity contribution is -0.194. The van der Waals surface area contributed by atoms with Crippen molar-refractivity contribution in [3.63, 3.8) is 0 Å². The van der Waals surface area contributed by atoms with Crippen LogP contribution in [0, 0.1) is 0 Å². The maximum Gasteiger partial charge on any atom is 0.329 e. The van der Waals surface area contributed by atoms with Gasteiger partial charge in [0.05, 0.1) is 11.8 Å². The normalized spacial score (nSPS) is 25.6. The maximum absolute atomic E-state index is 11.8. The van der Waals surface area contributed by atoms with Crippen molar-refractivity contribution in [2.45, 2.75) is 31.1 Å². The Morgan fingerprint density at radius 1 is 1.58 bits per heavy atom. The molecule has 0 aliphatic carbocycles. The summed E-state index contributed by atoms with van der Waals surface area (Å²) in [6, 6.07) is 0.500. The number of aromatic nitrogens is 3. The molecule has 2 aromatic heterocycles. The molecule has 0 aromatic carbocycles. The zero-order valence-corrected chi connectivity index (χ0v) is 14.2. The van der Waals surface area contributed by atoms with E-state index in [1.807, 2.05) is 0 Å². The molecule has 6 N–H and O–H groups in total. The number of anilines is 1. The average Bonchev–Trinajstić information content (AvgIpc) is 3.01. The van der Waals surface area contributed by atoms with E-state index < -0.39 is 38.8 Å². The molecule has 1 aliphatic rings. The molecule has 0 saturated carbocycles. The number of nitrogen functional groups attached to an aromatic ring is 1. The van der Waals surface area contributed by atoms with Crippen LogP contribution in [0.4, 0.5) is 5.82 Å². The highest BCUT2D eigenvalue weighted by Crippen LogP contribution is 2.35. The van der Waals surface area contributed by atoms with Crippen LogP contribution >= 0.6 is 17.8 Å². The fourth-order valence-corrected chi connectivity index (χ4v) is 3.22. The SMILES string of the molecule is Nc1cc2c(ncn2C2OC(OC(P)OP(O)O)CC2O)c(=O)[nH]1. The van der Waals surface area contributed by atoms with Crippen LogP contribution in [0.3, 0.4) is 0 Å². The van der Waals surface area contributed by atoms with E-state index in [0.29, 0.717) is 5.52 Å². The number of aromatic amines is 1. The molecule has 0 spiro atoms. The molecule has 3 rings (SSSR count). The molecule has 3 heterocycles. The van der Waals surface area contributed by atoms with Gasteiger partial charge in [0.1, 0.15) is 11.9 Å². The summed E-state index contributed by atoms with van der Waals surface area (Å²) in [4.78, 5) is 35.8. The minimum Gasteiger partial charge on any atom is -0.388 e. The van der Waals surface area contributed by atoms with Crippen LogP contribution in [0.25, 0.3) is 11.0 Å². The molecule has 0 radical (unpaired) electrons. The average molecular weight is 378 g/mol. The van der Waals surface area contributed by atoms with E-state index >= 15 is 0 Å². The van der Waals surface area contributed by atoms with Crippen molar-refractivity contribution in [3.05, 3.63) is 22.7 Å². The van der Waals surface area contributed by atoms with Gasteiger partial charge in [0.25, 0.3) is 5.56 Å². The van der Waals surface area contributed by atoms with Gasteiger partial charge in [0.2, 0.25) is 0 Å². The zero-order valence-electron chi connectivity index (χ0n) is 12.1. The van der Waals surface area contributed by atoms with Gasteiger partial charge < -0.3 is 39.7 Å². The predicted molar refractivity (Wildman–Crippen MR) is 86.3 cm³/mol. The molecular formula is C11H16N4O7P2. The van der Waals surface area contributed by atoms with Crippen molar-refractivity contribution in [1.29, 1.82) is 0 Å². The van der Waals surface area contributed by atoms with Crippen LogP contribution in [-0.4, -0.2) is 47.9 Å². The fraction of sp³-hybridized carbons (Fsp3) is 0.455. The fourth-order valence-electron chi connectivity index (χ4n) is 2.49. The van der Waals surface area contributed by atoms with Gasteiger partial charge in [-0.05, 0) is 0 Å². The summed E-state index contributed by atoms with van der Waals surface area (Å²) in [5, 5.41) is 10.2. The topological polar surface area (TPSA) is 165 Å². The molecule has 1 aliphatic heterocycles. The van der Waals surface area contributed by atoms with E-state index in [2.05, 4.69) is 23.7 Å². The summed E-state index contributed by atoms with van der Waals surface area (Å²) in [7, 11) is -0.455. The number of hydrogen-bond donors (Lipinski definition) is 5. The second-order valence-corrected chi connectivity index (χ2v) is 6.32. The smallest absolute Gasteiger partial charge is 0.329 e. The van der Waals surface area contributed by atoms with Crippen LogP contribution in [0.5, 0.6) is 0 Å². The van der Waals surface area contributed by atoms with Gasteiger partial charge in [-0.25, -0.2) is 4.98 Å². The number of nitrogens with zero attached hydrogens (tertiary/aromatic N) is 2. The second-order valence-electron chi connectivity index (χ2n) is 5.06. The first-order valence-electron chi connectivity index (χ1n) is 6.79. The third kappa shape index (κ3) is 3.58. The van der Waals surface area contributed by atoms with Gasteiger partial charge in [0, 0.05) is 12.5 Å². The van der Waals surface area contributed by atoms with Gasteiger partial charge in [-0.15, -0.1) is 0 Å². The van der Waals surface area contributed by atoms with E-state index in [4.69, 9.17) is 25.0 Å². The van der Waals surface area contributed by atoms with E-state index in [1.165, 1.54) is 17.0 Å². The lowest BCUT2D eigenvalue weighted by atomic mass is 10.2. The standard InChI is InChI=1S/C11H16N4O7P2/c12-6-1-4-8(9(17)14-6)13-3-15(4)10-5(16)2-7(20-10)21-11(23)22-24(18)19/h1,3,5,7,10-11,16,18-19H,2,23H2,(H3,12,14,17). The number of nitrogens with one attached hydrogen (secondary N) is 1. The number of aliphatic hydroxyl groups is 1. The Bertz CT molecular complexity index is 781. The summed E-state index contributed by atoms with van der Waals surface area (Å²) in [5.74, 6) is 0.159. The minimum atomic E-state index is -2.58. The highest BCUT2D eigenvalue weighted by atomic mass is 31.2. The van der Waals surface area contributed by atoms with Crippen LogP contribution in [0.2, 0.25) is 0 Å². The van der Waals surface area contributed by atoms with E-state index in [1.54, 1.807) is 0 Å². The van der Waals surface area contributed by atoms with Crippen molar-refractivity contribution in [2.75, 3.05) is 5.73 Å². The van der Waals surface area contributed by atoms with E-state index in [-0.39, 0.29) is 17.8 Å². The highest BCUT2D eigenvalue weighted by Gasteiger charge is 2.37. The van der Waals surface area contributed by atoms with E-state index in [0.717, 1.165) is 0 Å². The molecule has 2 aromatic rings. The summed E-state index contributed by atoms with van der Waals surface area (Å²) < 4.78 is 17.0. The number of ether oxygens (including phenoxy) is 2. The Morgan fingerprint density at radius 2 is 2.33 bits per heavy atom. The van der Waals surface area contributed by atoms with Crippen molar-refractivity contribution in [3.8, 4) is 0 Å². The Morgan fingerprint density at radius 3 is 3.04 bits per heavy atom. The number of H-pyrrole nitrogens is 1. The Hall–Kier alpha value is -1.16. The lowest BCUT2D eigenvalue weighted by Crippen LogP contribution is -2.20. The summed E-state index contributed by atoms with van der Waals surface area (Å²) >= 11 is 0. The monoisotopic (exact) mass is 378 g/mol. The first-order chi connectivity index (χ1) is 11.3. The summed E-state index contributed by atoms with van der Waals surface area (Å²) in [6.07, 6.45) is -1.14. The Labute approximate surface area is 138 Å². The molecule has 0 bridgehead atoms. The number of hydrogen-bond acceptors (Lipinski definition) is 9. The van der Waals surface area contributed by atoms with Gasteiger partial charge in [-0.1, -0.05) is 9.24 Å². The number of imidazole rings is 1. The third-order valence-corrected chi connectivity index (χ3v) is 4.33. The van der Waals surface area contributed by atoms with Crippen molar-refractivity contribution >= 4 is 34.7 Å². The van der Waals surface area contributed by atoms with Gasteiger partial charge in [-0.3, -0.25) is 9.32 Å². The lowest BCUT2D eigenvalue weighted by Gasteiger charge is -2.20. The van der Waals surface area contributed by atoms with Crippen molar-refractivity contribution in [2.24, 2.45) is 0 Å². The van der Waals surface area contributed by atoms with Gasteiger partial charge in [0.15, 0.2) is 24.1 Å². The summed E-state index contributed by atoms with van der Waals surface area (Å²) in [6.45, 7) is 0. The van der Waals surface area contributed by atoms with Gasteiger partial charge >= 0.3 is 8.60 Å². The number of pyridine rings is 1. The molecule has 5 atom stereocenters. The molecule has 5 unspecified atom stereocenters. The molecular weight excluding hydrogens is 362 g/mol. The Balaban J connectivity index is 1.80. The number of nitrogens with two attached hydrogens (primary N) is 1. The van der Waals surface area contributed by atoms with Crippen LogP contribution < -0.4 is 11.3 Å². The Kier molecular flexibility index (Phi) is 5.14. The molecule has 24 heavy (non-hydrogen) atoms. The van der Waals surface area contributed by atoms with E-state index in [9.17, 15) is 9.90 Å². The molecule has 0 amide bonds. The maximum atomic E-state index is 11.8. The molecule has 1 saturated heterocycles. The minimum absolute atomic E-state index is 0.117. The number of fused-ring (bicyclic) bond motifs is 1. The molecule has 132 valence electrons. The van der Waals surface area contributed by atoms with Crippen LogP contribution in [0.15, 0.2) is 17.2 Å². The molecule has 1 fully saturated rings. The second kappa shape index (κ2) is 6.99. The molecule has 11 nitrogen and oxygen atoms in total. The van der Waals surface area contributed by atoms with Crippen LogP contribution in [-0.2, 0) is 14.0 Å². The largest absolute Gasteiger partial charge is 0.388 e. The first kappa shape index (κ1) is 17.7.